The summed E-state index contributed by atoms with van der Waals surface area (Å²) in [6.07, 6.45) is 0. The van der Waals surface area contributed by atoms with E-state index in [9.17, 15) is 4.79 Å². The molecule has 1 N–H and O–H groups in total. The Morgan fingerprint density at radius 2 is 1.91 bits per heavy atom. The minimum absolute atomic E-state index is 0.294. The molecule has 0 aliphatic carbocycles. The Labute approximate surface area is 131 Å². The van der Waals surface area contributed by atoms with Crippen molar-refractivity contribution in [2.75, 3.05) is 46.9 Å². The van der Waals surface area contributed by atoms with Crippen molar-refractivity contribution in [2.45, 2.75) is 6.92 Å². The predicted molar refractivity (Wildman–Crippen MR) is 84.6 cm³/mol. The number of aliphatic imine (C=N–C) groups is 1. The van der Waals surface area contributed by atoms with Crippen LogP contribution in [0.3, 0.4) is 0 Å². The molecule has 2 rings (SSSR count). The van der Waals surface area contributed by atoms with Gasteiger partial charge in [-0.15, -0.1) is 0 Å². The maximum Gasteiger partial charge on any atom is 0.295 e. The summed E-state index contributed by atoms with van der Waals surface area (Å²) < 4.78 is 10.7. The second-order valence-corrected chi connectivity index (χ2v) is 5.31. The summed E-state index contributed by atoms with van der Waals surface area (Å²) in [5.41, 5.74) is 0.526. The molecule has 120 valence electrons. The maximum absolute atomic E-state index is 12.3. The first-order chi connectivity index (χ1) is 10.6. The second kappa shape index (κ2) is 7.79. The second-order valence-electron chi connectivity index (χ2n) is 5.31. The van der Waals surface area contributed by atoms with Crippen molar-refractivity contribution in [3.63, 3.8) is 0 Å². The van der Waals surface area contributed by atoms with E-state index in [4.69, 9.17) is 9.47 Å². The largest absolute Gasteiger partial charge is 0.497 e. The Bertz CT molecular complexity index is 520. The van der Waals surface area contributed by atoms with E-state index in [0.717, 1.165) is 26.2 Å². The van der Waals surface area contributed by atoms with Gasteiger partial charge in [-0.3, -0.25) is 4.79 Å². The van der Waals surface area contributed by atoms with Crippen LogP contribution in [0, 0.1) is 0 Å². The summed E-state index contributed by atoms with van der Waals surface area (Å²) in [6, 6.07) is 7.35. The van der Waals surface area contributed by atoms with E-state index >= 15 is 0 Å². The summed E-state index contributed by atoms with van der Waals surface area (Å²) in [4.78, 5) is 20.0. The Morgan fingerprint density at radius 1 is 1.27 bits per heavy atom. The van der Waals surface area contributed by atoms with E-state index in [2.05, 4.69) is 12.0 Å². The van der Waals surface area contributed by atoms with Crippen LogP contribution in [0.4, 0.5) is 0 Å². The number of nitrogens with zero attached hydrogens (tertiary/aromatic N) is 2. The molecule has 6 heteroatoms. The van der Waals surface area contributed by atoms with E-state index in [1.165, 1.54) is 4.90 Å². The number of amides is 1. The van der Waals surface area contributed by atoms with Gasteiger partial charge in [0.1, 0.15) is 5.75 Å². The molecule has 1 aliphatic heterocycles. The molecular weight excluding hydrogens is 282 g/mol. The van der Waals surface area contributed by atoms with Crippen LogP contribution in [0.5, 0.6) is 5.75 Å². The highest BCUT2D eigenvalue weighted by atomic mass is 16.5. The number of quaternary nitrogens is 1. The number of carbonyl (C=O) groups excluding carboxylic acids is 1. The fourth-order valence-electron chi connectivity index (χ4n) is 2.29. The van der Waals surface area contributed by atoms with Gasteiger partial charge in [-0.2, -0.15) is 4.99 Å². The lowest BCUT2D eigenvalue weighted by molar-refractivity contribution is -0.883. The molecule has 0 spiro atoms. The van der Waals surface area contributed by atoms with Gasteiger partial charge in [0.15, 0.2) is 0 Å². The third kappa shape index (κ3) is 4.21. The smallest absolute Gasteiger partial charge is 0.295 e. The molecule has 1 aliphatic rings. The SMILES string of the molecule is CCOC(=NC(=O)c1ccc(OC)cc1)N1CC[NH+](C)CC1. The Kier molecular flexibility index (Phi) is 5.77. The number of methoxy groups -OCH3 is 1. The van der Waals surface area contributed by atoms with Gasteiger partial charge in [0, 0.05) is 5.56 Å². The first kappa shape index (κ1) is 16.3. The fraction of sp³-hybridized carbons (Fsp3) is 0.500. The first-order valence-electron chi connectivity index (χ1n) is 7.60. The van der Waals surface area contributed by atoms with Crippen LogP contribution < -0.4 is 9.64 Å². The fourth-order valence-corrected chi connectivity index (χ4v) is 2.29. The van der Waals surface area contributed by atoms with Gasteiger partial charge in [-0.1, -0.05) is 0 Å². The molecule has 22 heavy (non-hydrogen) atoms. The Hall–Kier alpha value is -2.08. The predicted octanol–water partition coefficient (Wildman–Crippen LogP) is 0.0582. The standard InChI is InChI=1S/C16H23N3O3/c1-4-22-16(19-11-9-18(2)10-12-19)17-15(20)13-5-7-14(21-3)8-6-13/h5-8H,4,9-12H2,1-3H3/p+1. The third-order valence-electron chi connectivity index (χ3n) is 3.70. The monoisotopic (exact) mass is 306 g/mol. The highest BCUT2D eigenvalue weighted by Gasteiger charge is 2.22. The number of ether oxygens (including phenoxy) is 2. The van der Waals surface area contributed by atoms with Crippen LogP contribution in [0.25, 0.3) is 0 Å². The molecule has 0 aromatic heterocycles. The van der Waals surface area contributed by atoms with E-state index in [1.807, 2.05) is 11.8 Å². The van der Waals surface area contributed by atoms with Gasteiger partial charge >= 0.3 is 0 Å². The van der Waals surface area contributed by atoms with Crippen LogP contribution in [0.15, 0.2) is 29.3 Å². The van der Waals surface area contributed by atoms with Gasteiger partial charge in [0.25, 0.3) is 11.9 Å². The van der Waals surface area contributed by atoms with Crippen molar-refractivity contribution < 1.29 is 19.2 Å². The molecule has 0 radical (unpaired) electrons. The minimum Gasteiger partial charge on any atom is -0.497 e. The summed E-state index contributed by atoms with van der Waals surface area (Å²) in [5.74, 6) is 0.421. The molecule has 1 amide bonds. The van der Waals surface area contributed by atoms with Crippen LogP contribution >= 0.6 is 0 Å². The van der Waals surface area contributed by atoms with Crippen molar-refractivity contribution in [3.8, 4) is 5.75 Å². The van der Waals surface area contributed by atoms with Crippen LogP contribution in [-0.4, -0.2) is 63.8 Å². The molecule has 1 saturated heterocycles. The van der Waals surface area contributed by atoms with Gasteiger partial charge in [-0.25, -0.2) is 0 Å². The van der Waals surface area contributed by atoms with Gasteiger partial charge in [0.05, 0.1) is 46.9 Å². The topological polar surface area (TPSA) is 55.6 Å². The molecule has 1 fully saturated rings. The minimum atomic E-state index is -0.294. The lowest BCUT2D eigenvalue weighted by Crippen LogP contribution is -3.12. The highest BCUT2D eigenvalue weighted by molar-refractivity contribution is 6.01. The number of piperazine rings is 1. The lowest BCUT2D eigenvalue weighted by atomic mass is 10.2. The van der Waals surface area contributed by atoms with Gasteiger partial charge < -0.3 is 19.3 Å². The summed E-state index contributed by atoms with van der Waals surface area (Å²) in [7, 11) is 3.76. The molecule has 1 aromatic carbocycles. The number of carbonyl (C=O) groups is 1. The highest BCUT2D eigenvalue weighted by Crippen LogP contribution is 2.12. The number of hydrogen-bond donors (Lipinski definition) is 1. The average Bonchev–Trinajstić information content (AvgIpc) is 2.55. The zero-order valence-electron chi connectivity index (χ0n) is 13.5. The number of amidine groups is 1. The van der Waals surface area contributed by atoms with E-state index < -0.39 is 0 Å². The van der Waals surface area contributed by atoms with Crippen molar-refractivity contribution in [1.82, 2.24) is 4.90 Å². The van der Waals surface area contributed by atoms with Crippen molar-refractivity contribution in [1.29, 1.82) is 0 Å². The zero-order valence-corrected chi connectivity index (χ0v) is 13.5. The lowest BCUT2D eigenvalue weighted by Gasteiger charge is -2.31. The van der Waals surface area contributed by atoms with Crippen molar-refractivity contribution in [3.05, 3.63) is 29.8 Å². The summed E-state index contributed by atoms with van der Waals surface area (Å²) in [5, 5.41) is 0. The molecule has 0 bridgehead atoms. The third-order valence-corrected chi connectivity index (χ3v) is 3.70. The Morgan fingerprint density at radius 3 is 2.45 bits per heavy atom. The number of likely N-dealkylation sites (N-methyl/N-ethyl adjacent to an activating group) is 1. The molecule has 1 heterocycles. The van der Waals surface area contributed by atoms with Gasteiger partial charge in [-0.05, 0) is 31.2 Å². The average molecular weight is 306 g/mol. The summed E-state index contributed by atoms with van der Waals surface area (Å²) in [6.45, 7) is 6.12. The summed E-state index contributed by atoms with van der Waals surface area (Å²) >= 11 is 0. The zero-order chi connectivity index (χ0) is 15.9. The van der Waals surface area contributed by atoms with Crippen molar-refractivity contribution in [2.24, 2.45) is 4.99 Å². The first-order valence-corrected chi connectivity index (χ1v) is 7.60. The molecule has 0 unspecified atom stereocenters. The van der Waals surface area contributed by atoms with E-state index in [1.54, 1.807) is 31.4 Å². The van der Waals surface area contributed by atoms with Crippen molar-refractivity contribution >= 4 is 11.9 Å². The normalized spacial score (nSPS) is 16.5. The number of hydrogen-bond acceptors (Lipinski definition) is 3. The van der Waals surface area contributed by atoms with Crippen LogP contribution in [-0.2, 0) is 4.74 Å². The van der Waals surface area contributed by atoms with E-state index in [-0.39, 0.29) is 5.91 Å². The molecule has 6 nitrogen and oxygen atoms in total. The quantitative estimate of drug-likeness (QED) is 0.634. The molecule has 0 atom stereocenters. The van der Waals surface area contributed by atoms with Crippen LogP contribution in [0.1, 0.15) is 17.3 Å². The molecular formula is C16H24N3O3+. The number of rotatable bonds is 3. The molecule has 1 aromatic rings. The number of benzene rings is 1. The van der Waals surface area contributed by atoms with Gasteiger partial charge in [0.2, 0.25) is 0 Å². The maximum atomic E-state index is 12.3. The van der Waals surface area contributed by atoms with Crippen LogP contribution in [0.2, 0.25) is 0 Å². The van der Waals surface area contributed by atoms with E-state index in [0.29, 0.717) is 23.9 Å². The molecule has 0 saturated carbocycles. The Balaban J connectivity index is 2.11. The number of nitrogens with one attached hydrogen (secondary N) is 1.